The Morgan fingerprint density at radius 1 is 0.500 bits per heavy atom. The minimum atomic E-state index is -1.96. The lowest BCUT2D eigenvalue weighted by Gasteiger charge is -2.37. The number of nitrogens with two attached hydrogens (primary N) is 1. The minimum Gasteiger partial charge on any atom is -0.508 e. The number of phenolic OH excluding ortho intramolecular Hbond substituents is 2. The van der Waals surface area contributed by atoms with Gasteiger partial charge in [0.2, 0.25) is 88.6 Å². The number of likely N-dealkylation sites (N-methyl/N-ethyl adjacent to an activating group) is 3. The number of carbonyl (C=O) groups excluding carboxylic acids is 15. The number of benzene rings is 6. The molecule has 10 rings (SSSR count). The molecule has 136 heavy (non-hydrogen) atoms. The molecule has 15 amide bonds. The number of hydrogen-bond acceptors (Lipinski definition) is 20. The Bertz CT molecular complexity index is 5450. The molecule has 3 aliphatic heterocycles. The van der Waals surface area contributed by atoms with Gasteiger partial charge in [0.25, 0.3) is 0 Å². The van der Waals surface area contributed by atoms with Gasteiger partial charge in [-0.2, -0.15) is 0 Å². The standard InChI is InChI=1S/C96H117F3N16O19S2/c1-9-10-26-75-95(133)115-52-136-50-78(115)91(129)107-70(46-81(120)121)88(126)110-83(54(4)5)96(134)112(7)76(43-55-20-13-11-14-21-55)90(128)108-72(41-58-30-34-62(117)35-31-58)93(131)114-36-19-27-74(114)89(127)106-69(45-60-47-101-66-25-18-17-24-63(60)66)87(125)105-68(40-57-28-32-61(116)33-29-57)86(124)104-67(37-53(2)3)85(123)109-73(84(122)102-48-79(100)118)49-135-51-80(119)103-71(42-59-38-64(97)82(99)65(98)39-59)92(130)113(8)77(94(132)111(75)6)44-56-22-15-12-16-23-56/h11-18,20-25,28-35,38-39,47,53-54,67-78,83,101,116-117H,9-10,19,26-27,36-37,40-46,48-52H2,1-8H3,(H2,100,118)(H,102,122)(H,103,119)(H,104,124)(H,105,125)(H,106,127)(H,107,129)(H,108,128)(H,109,123)(H,110,126)(H,120,121)/t67-,68-,69-,70-,71-,72-,73-,74+,75-,76-,77-,78+,83-/m0/s1. The molecule has 0 spiro atoms. The van der Waals surface area contributed by atoms with Gasteiger partial charge in [0.15, 0.2) is 17.5 Å². The summed E-state index contributed by atoms with van der Waals surface area (Å²) in [6, 6.07) is 15.3. The van der Waals surface area contributed by atoms with E-state index in [0.717, 1.165) is 31.4 Å². The number of aromatic amines is 1. The summed E-state index contributed by atoms with van der Waals surface area (Å²) in [5.74, 6) is -24.4. The Hall–Kier alpha value is -13.5. The maximum Gasteiger partial charge on any atom is 0.305 e. The van der Waals surface area contributed by atoms with Crippen LogP contribution in [0.25, 0.3) is 10.9 Å². The Labute approximate surface area is 793 Å². The number of carboxylic acids is 1. The number of fused-ring (bicyclic) bond motifs is 3. The van der Waals surface area contributed by atoms with Gasteiger partial charge in [0.1, 0.15) is 90.0 Å². The van der Waals surface area contributed by atoms with Crippen LogP contribution in [-0.4, -0.2) is 275 Å². The molecule has 6 aromatic carbocycles. The zero-order chi connectivity index (χ0) is 98.9. The Kier molecular flexibility index (Phi) is 37.8. The summed E-state index contributed by atoms with van der Waals surface area (Å²) in [6.07, 6.45) is -0.906. The molecule has 0 bridgehead atoms. The molecule has 35 nitrogen and oxygen atoms in total. The van der Waals surface area contributed by atoms with E-state index in [2.05, 4.69) is 52.8 Å². The van der Waals surface area contributed by atoms with Crippen molar-refractivity contribution in [3.05, 3.63) is 203 Å². The van der Waals surface area contributed by atoms with Gasteiger partial charge in [-0.15, -0.1) is 23.5 Å². The Morgan fingerprint density at radius 2 is 1.01 bits per heavy atom. The summed E-state index contributed by atoms with van der Waals surface area (Å²) in [5, 5.41) is 55.8. The van der Waals surface area contributed by atoms with Gasteiger partial charge in [0, 0.05) is 94.8 Å². The number of aliphatic carboxylic acids is 1. The van der Waals surface area contributed by atoms with Crippen LogP contribution in [0.4, 0.5) is 13.2 Å². The number of carbonyl (C=O) groups is 16. The van der Waals surface area contributed by atoms with Crippen molar-refractivity contribution >= 4 is 129 Å². The first-order valence-electron chi connectivity index (χ1n) is 44.9. The van der Waals surface area contributed by atoms with E-state index in [1.54, 1.807) is 126 Å². The molecule has 3 fully saturated rings. The molecule has 728 valence electrons. The number of carboxylic acid groups (broad SMARTS) is 1. The third kappa shape index (κ3) is 28.5. The SMILES string of the molecule is CCCC[C@H]1C(=O)N2CSC[C@@H]2C(=O)N[C@@H](CC(=O)O)C(=O)N[C@@H](C(C)C)C(=O)N(C)[C@@H](Cc2ccccc2)C(=O)N[C@@H](Cc2ccc(O)cc2)C(=O)N2CCC[C@@H]2C(=O)N[C@@H](Cc2c[nH]c3ccccc23)C(=O)N[C@@H](Cc2ccc(O)cc2)C(=O)N[C@@H](CC(C)C)C(=O)N[C@H](C(=O)NCC(N)=O)CSCC(=O)N[C@@H](Cc2cc(F)c(F)c(F)c2)C(=O)N(C)[C@@H](Cc2ccccc2)C(=O)N1C. The fourth-order valence-corrected chi connectivity index (χ4v) is 18.6. The van der Waals surface area contributed by atoms with Crippen molar-refractivity contribution in [2.24, 2.45) is 17.6 Å². The number of thioether (sulfide) groups is 2. The molecule has 0 aliphatic carbocycles. The number of amides is 15. The van der Waals surface area contributed by atoms with Crippen LogP contribution in [0, 0.1) is 29.3 Å². The third-order valence-corrected chi connectivity index (χ3v) is 26.1. The first kappa shape index (κ1) is 105. The van der Waals surface area contributed by atoms with Crippen LogP contribution in [0.5, 0.6) is 11.5 Å². The van der Waals surface area contributed by atoms with Gasteiger partial charge < -0.3 is 98.4 Å². The number of rotatable bonds is 23. The highest BCUT2D eigenvalue weighted by Gasteiger charge is 2.47. The molecule has 0 saturated carbocycles. The molecular formula is C96H117F3N16O19S2. The number of unbranched alkanes of at least 4 members (excludes halogenated alkanes) is 1. The zero-order valence-corrected chi connectivity index (χ0v) is 78.3. The number of para-hydroxylation sites is 1. The van der Waals surface area contributed by atoms with Gasteiger partial charge in [-0.05, 0) is 113 Å². The summed E-state index contributed by atoms with van der Waals surface area (Å²) in [6.45, 7) is 7.48. The van der Waals surface area contributed by atoms with Crippen LogP contribution >= 0.6 is 23.5 Å². The summed E-state index contributed by atoms with van der Waals surface area (Å²) in [7, 11) is 3.77. The van der Waals surface area contributed by atoms with E-state index in [9.17, 15) is 48.5 Å². The maximum absolute atomic E-state index is 15.8. The lowest BCUT2D eigenvalue weighted by Crippen LogP contribution is -2.62. The van der Waals surface area contributed by atoms with E-state index in [1.165, 1.54) is 74.6 Å². The maximum atomic E-state index is 15.8. The predicted octanol–water partition coefficient (Wildman–Crippen LogP) is 3.72. The molecule has 13 atom stereocenters. The molecular weight excluding hydrogens is 1800 g/mol. The third-order valence-electron chi connectivity index (χ3n) is 24.0. The second-order valence-electron chi connectivity index (χ2n) is 35.0. The average molecular weight is 1920 g/mol. The highest BCUT2D eigenvalue weighted by atomic mass is 32.2. The monoisotopic (exact) mass is 1920 g/mol. The second kappa shape index (κ2) is 49.1. The summed E-state index contributed by atoms with van der Waals surface area (Å²) in [4.78, 5) is 248. The minimum absolute atomic E-state index is 0.00257. The number of hydrogen-bond donors (Lipinski definition) is 14. The van der Waals surface area contributed by atoms with Crippen LogP contribution < -0.4 is 53.6 Å². The first-order valence-corrected chi connectivity index (χ1v) is 47.2. The molecule has 15 N–H and O–H groups in total. The van der Waals surface area contributed by atoms with Crippen molar-refractivity contribution in [1.29, 1.82) is 0 Å². The van der Waals surface area contributed by atoms with Crippen molar-refractivity contribution < 1.29 is 105 Å². The molecule has 3 aliphatic rings. The number of aromatic hydroxyl groups is 2. The van der Waals surface area contributed by atoms with E-state index >= 15 is 56.7 Å². The topological polar surface area (TPSA) is 500 Å². The van der Waals surface area contributed by atoms with Crippen molar-refractivity contribution in [2.75, 3.05) is 57.4 Å². The molecule has 7 aromatic rings. The molecule has 0 radical (unpaired) electrons. The number of halogens is 3. The van der Waals surface area contributed by atoms with Crippen LogP contribution in [-0.2, 0) is 115 Å². The number of nitrogens with one attached hydrogen (secondary N) is 10. The van der Waals surface area contributed by atoms with E-state index in [-0.39, 0.29) is 99.4 Å². The zero-order valence-electron chi connectivity index (χ0n) is 76.7. The molecule has 0 unspecified atom stereocenters. The number of aromatic nitrogens is 1. The highest BCUT2D eigenvalue weighted by Crippen LogP contribution is 2.30. The molecule has 4 heterocycles. The first-order chi connectivity index (χ1) is 64.8. The Balaban J connectivity index is 1.06. The van der Waals surface area contributed by atoms with Crippen molar-refractivity contribution in [3.63, 3.8) is 0 Å². The average Bonchev–Trinajstić information content (AvgIpc) is 1.50. The molecule has 3 saturated heterocycles. The Morgan fingerprint density at radius 3 is 1.60 bits per heavy atom. The largest absolute Gasteiger partial charge is 0.508 e. The second-order valence-corrected chi connectivity index (χ2v) is 37.0. The van der Waals surface area contributed by atoms with Gasteiger partial charge in [0.05, 0.1) is 24.6 Å². The van der Waals surface area contributed by atoms with Crippen LogP contribution in [0.1, 0.15) is 113 Å². The van der Waals surface area contributed by atoms with E-state index < -0.39 is 233 Å². The normalized spacial score (nSPS) is 23.3. The van der Waals surface area contributed by atoms with Crippen molar-refractivity contribution in [3.8, 4) is 11.5 Å². The number of primary amides is 1. The van der Waals surface area contributed by atoms with Gasteiger partial charge in [-0.3, -0.25) is 76.7 Å². The van der Waals surface area contributed by atoms with E-state index in [0.29, 0.717) is 69.0 Å². The van der Waals surface area contributed by atoms with Gasteiger partial charge in [-0.1, -0.05) is 151 Å². The summed E-state index contributed by atoms with van der Waals surface area (Å²) < 4.78 is 45.1. The highest BCUT2D eigenvalue weighted by molar-refractivity contribution is 8.00. The fourth-order valence-electron chi connectivity index (χ4n) is 16.6. The number of phenols is 2. The molecule has 1 aromatic heterocycles. The van der Waals surface area contributed by atoms with Crippen LogP contribution in [0.15, 0.2) is 152 Å². The summed E-state index contributed by atoms with van der Waals surface area (Å²) >= 11 is 1.78. The van der Waals surface area contributed by atoms with Gasteiger partial charge >= 0.3 is 5.97 Å². The number of H-pyrrole nitrogens is 1. The lowest BCUT2D eigenvalue weighted by atomic mass is 9.98. The van der Waals surface area contributed by atoms with E-state index in [4.69, 9.17) is 5.73 Å². The predicted molar refractivity (Wildman–Crippen MR) is 499 cm³/mol. The van der Waals surface area contributed by atoms with Crippen LogP contribution in [0.2, 0.25) is 0 Å². The van der Waals surface area contributed by atoms with Crippen molar-refractivity contribution in [1.82, 2.24) is 77.3 Å². The van der Waals surface area contributed by atoms with E-state index in [1.807, 2.05) is 0 Å². The van der Waals surface area contributed by atoms with Crippen molar-refractivity contribution in [2.45, 2.75) is 197 Å². The number of nitrogens with zero attached hydrogens (tertiary/aromatic N) is 5. The molecule has 40 heteroatoms. The smallest absolute Gasteiger partial charge is 0.305 e. The fraction of sp³-hybridized carbons (Fsp3) is 0.438. The lowest BCUT2D eigenvalue weighted by molar-refractivity contribution is -0.152. The summed E-state index contributed by atoms with van der Waals surface area (Å²) in [5.41, 5.74) is 7.97. The van der Waals surface area contributed by atoms with Crippen LogP contribution in [0.3, 0.4) is 0 Å². The quantitative estimate of drug-likeness (QED) is 0.0406. The van der Waals surface area contributed by atoms with Gasteiger partial charge in [-0.25, -0.2) is 13.2 Å².